The zero-order valence-corrected chi connectivity index (χ0v) is 14.8. The molecule has 0 aliphatic heterocycles. The Morgan fingerprint density at radius 3 is 2.12 bits per heavy atom. The van der Waals surface area contributed by atoms with Gasteiger partial charge in [-0.25, -0.2) is 9.59 Å². The van der Waals surface area contributed by atoms with Crippen molar-refractivity contribution in [2.45, 2.75) is 45.3 Å². The third-order valence-electron chi connectivity index (χ3n) is 3.79. The summed E-state index contributed by atoms with van der Waals surface area (Å²) in [5, 5.41) is 26.0. The third kappa shape index (κ3) is 6.42. The highest BCUT2D eigenvalue weighted by Gasteiger charge is 2.30. The SMILES string of the molecule is CCC(C)(C)NC(=O)c1ccc(NC(=O)NCC(C)(O)C(=O)O)cc1. The van der Waals surface area contributed by atoms with Crippen LogP contribution in [0.4, 0.5) is 10.5 Å². The molecule has 0 saturated carbocycles. The van der Waals surface area contributed by atoms with Gasteiger partial charge in [0.25, 0.3) is 5.91 Å². The number of carboxylic acids is 1. The van der Waals surface area contributed by atoms with E-state index in [2.05, 4.69) is 16.0 Å². The van der Waals surface area contributed by atoms with Gasteiger partial charge in [0.15, 0.2) is 5.60 Å². The summed E-state index contributed by atoms with van der Waals surface area (Å²) in [5.74, 6) is -1.64. The van der Waals surface area contributed by atoms with Crippen molar-refractivity contribution in [3.8, 4) is 0 Å². The van der Waals surface area contributed by atoms with Gasteiger partial charge in [0.05, 0.1) is 6.54 Å². The smallest absolute Gasteiger partial charge is 0.337 e. The third-order valence-corrected chi connectivity index (χ3v) is 3.79. The van der Waals surface area contributed by atoms with Crippen LogP contribution in [0.5, 0.6) is 0 Å². The molecule has 0 aliphatic carbocycles. The molecule has 1 aromatic carbocycles. The molecule has 8 nitrogen and oxygen atoms in total. The average Bonchev–Trinajstić information content (AvgIpc) is 2.53. The second-order valence-electron chi connectivity index (χ2n) is 6.66. The number of carboxylic acid groups (broad SMARTS) is 1. The Morgan fingerprint density at radius 1 is 1.08 bits per heavy atom. The van der Waals surface area contributed by atoms with Gasteiger partial charge in [-0.1, -0.05) is 6.92 Å². The minimum absolute atomic E-state index is 0.208. The molecule has 1 unspecified atom stereocenters. The molecule has 1 rings (SSSR count). The number of rotatable bonds is 7. The molecule has 25 heavy (non-hydrogen) atoms. The second-order valence-corrected chi connectivity index (χ2v) is 6.66. The molecule has 3 amide bonds. The molecule has 5 N–H and O–H groups in total. The Balaban J connectivity index is 2.61. The van der Waals surface area contributed by atoms with Crippen LogP contribution in [0.2, 0.25) is 0 Å². The number of benzene rings is 1. The first-order valence-corrected chi connectivity index (χ1v) is 7.90. The Labute approximate surface area is 146 Å². The van der Waals surface area contributed by atoms with E-state index in [9.17, 15) is 19.5 Å². The van der Waals surface area contributed by atoms with E-state index in [4.69, 9.17) is 5.11 Å². The van der Waals surface area contributed by atoms with Gasteiger partial charge in [-0.3, -0.25) is 4.79 Å². The number of aliphatic hydroxyl groups is 1. The predicted molar refractivity (Wildman–Crippen MR) is 93.6 cm³/mol. The van der Waals surface area contributed by atoms with E-state index in [0.717, 1.165) is 13.3 Å². The monoisotopic (exact) mass is 351 g/mol. The van der Waals surface area contributed by atoms with Crippen LogP contribution in [0, 0.1) is 0 Å². The van der Waals surface area contributed by atoms with Crippen molar-refractivity contribution in [3.05, 3.63) is 29.8 Å². The standard InChI is InChI=1S/C17H25N3O5/c1-5-16(2,3)20-13(21)11-6-8-12(9-7-11)19-15(24)18-10-17(4,25)14(22)23/h6-9,25H,5,10H2,1-4H3,(H,20,21)(H,22,23)(H2,18,19,24). The number of carbonyl (C=O) groups excluding carboxylic acids is 2. The first-order valence-electron chi connectivity index (χ1n) is 7.90. The molecule has 138 valence electrons. The molecule has 1 atom stereocenters. The molecule has 0 heterocycles. The molecule has 0 radical (unpaired) electrons. The molecule has 1 aromatic rings. The molecule has 0 fully saturated rings. The first-order chi connectivity index (χ1) is 11.5. The van der Waals surface area contributed by atoms with Crippen molar-refractivity contribution in [3.63, 3.8) is 0 Å². The Morgan fingerprint density at radius 2 is 1.64 bits per heavy atom. The summed E-state index contributed by atoms with van der Waals surface area (Å²) >= 11 is 0. The normalized spacial score (nSPS) is 13.5. The van der Waals surface area contributed by atoms with Crippen molar-refractivity contribution in [2.24, 2.45) is 0 Å². The lowest BCUT2D eigenvalue weighted by atomic mass is 10.0. The number of hydrogen-bond donors (Lipinski definition) is 5. The number of aliphatic carboxylic acids is 1. The second kappa shape index (κ2) is 7.98. The van der Waals surface area contributed by atoms with E-state index in [0.29, 0.717) is 11.3 Å². The zero-order valence-electron chi connectivity index (χ0n) is 14.8. The molecule has 0 aliphatic rings. The van der Waals surface area contributed by atoms with E-state index >= 15 is 0 Å². The summed E-state index contributed by atoms with van der Waals surface area (Å²) < 4.78 is 0. The van der Waals surface area contributed by atoms with Crippen LogP contribution in [0.15, 0.2) is 24.3 Å². The van der Waals surface area contributed by atoms with Crippen molar-refractivity contribution >= 4 is 23.6 Å². The summed E-state index contributed by atoms with van der Waals surface area (Å²) in [7, 11) is 0. The number of amides is 3. The van der Waals surface area contributed by atoms with E-state index in [1.54, 1.807) is 24.3 Å². The maximum absolute atomic E-state index is 12.1. The van der Waals surface area contributed by atoms with Gasteiger partial charge in [-0.05, 0) is 51.5 Å². The molecular weight excluding hydrogens is 326 g/mol. The highest BCUT2D eigenvalue weighted by Crippen LogP contribution is 2.13. The van der Waals surface area contributed by atoms with Gasteiger partial charge in [-0.15, -0.1) is 0 Å². The van der Waals surface area contributed by atoms with Crippen LogP contribution >= 0.6 is 0 Å². The molecule has 0 aromatic heterocycles. The van der Waals surface area contributed by atoms with Crippen LogP contribution in [0.3, 0.4) is 0 Å². The highest BCUT2D eigenvalue weighted by atomic mass is 16.4. The zero-order chi connectivity index (χ0) is 19.3. The lowest BCUT2D eigenvalue weighted by molar-refractivity contribution is -0.155. The topological polar surface area (TPSA) is 128 Å². The van der Waals surface area contributed by atoms with E-state index in [-0.39, 0.29) is 11.4 Å². The van der Waals surface area contributed by atoms with Gasteiger partial charge in [-0.2, -0.15) is 0 Å². The predicted octanol–water partition coefficient (Wildman–Crippen LogP) is 1.56. The Hall–Kier alpha value is -2.61. The number of carbonyl (C=O) groups is 3. The first kappa shape index (κ1) is 20.4. The quantitative estimate of drug-likeness (QED) is 0.509. The van der Waals surface area contributed by atoms with Crippen molar-refractivity contribution < 1.29 is 24.6 Å². The number of hydrogen-bond acceptors (Lipinski definition) is 4. The lowest BCUT2D eigenvalue weighted by Crippen LogP contribution is -2.47. The largest absolute Gasteiger partial charge is 0.479 e. The van der Waals surface area contributed by atoms with Crippen molar-refractivity contribution in [2.75, 3.05) is 11.9 Å². The fourth-order valence-electron chi connectivity index (χ4n) is 1.68. The summed E-state index contributed by atoms with van der Waals surface area (Å²) in [6, 6.07) is 5.60. The van der Waals surface area contributed by atoms with Gasteiger partial charge in [0.1, 0.15) is 0 Å². The van der Waals surface area contributed by atoms with Gasteiger partial charge >= 0.3 is 12.0 Å². The van der Waals surface area contributed by atoms with E-state index in [1.807, 2.05) is 20.8 Å². The van der Waals surface area contributed by atoms with Gasteiger partial charge < -0.3 is 26.2 Å². The molecule has 0 bridgehead atoms. The summed E-state index contributed by atoms with van der Waals surface area (Å²) in [6.07, 6.45) is 0.790. The van der Waals surface area contributed by atoms with Crippen LogP contribution < -0.4 is 16.0 Å². The van der Waals surface area contributed by atoms with Crippen LogP contribution in [0.25, 0.3) is 0 Å². The minimum Gasteiger partial charge on any atom is -0.479 e. The van der Waals surface area contributed by atoms with Crippen LogP contribution in [-0.2, 0) is 4.79 Å². The van der Waals surface area contributed by atoms with Gasteiger partial charge in [0.2, 0.25) is 0 Å². The van der Waals surface area contributed by atoms with Crippen LogP contribution in [0.1, 0.15) is 44.5 Å². The molecule has 0 spiro atoms. The van der Waals surface area contributed by atoms with Gasteiger partial charge in [0, 0.05) is 16.8 Å². The number of anilines is 1. The molecule has 8 heteroatoms. The highest BCUT2D eigenvalue weighted by molar-refractivity contribution is 5.96. The van der Waals surface area contributed by atoms with E-state index < -0.39 is 24.1 Å². The average molecular weight is 351 g/mol. The molecular formula is C17H25N3O5. The Bertz CT molecular complexity index is 638. The Kier molecular flexibility index (Phi) is 6.52. The fraction of sp³-hybridized carbons (Fsp3) is 0.471. The molecule has 0 saturated heterocycles. The summed E-state index contributed by atoms with van der Waals surface area (Å²) in [4.78, 5) is 34.6. The van der Waals surface area contributed by atoms with E-state index in [1.165, 1.54) is 0 Å². The maximum atomic E-state index is 12.1. The maximum Gasteiger partial charge on any atom is 0.337 e. The summed E-state index contributed by atoms with van der Waals surface area (Å²) in [5.41, 5.74) is -1.47. The van der Waals surface area contributed by atoms with Crippen molar-refractivity contribution in [1.29, 1.82) is 0 Å². The summed E-state index contributed by atoms with van der Waals surface area (Å²) in [6.45, 7) is 6.48. The minimum atomic E-state index is -2.05. The van der Waals surface area contributed by atoms with Crippen molar-refractivity contribution in [1.82, 2.24) is 10.6 Å². The lowest BCUT2D eigenvalue weighted by Gasteiger charge is -2.24. The number of urea groups is 1. The fourth-order valence-corrected chi connectivity index (χ4v) is 1.68. The van der Waals surface area contributed by atoms with Crippen LogP contribution in [-0.4, -0.2) is 45.8 Å². The number of nitrogens with one attached hydrogen (secondary N) is 3.